The molecule has 0 bridgehead atoms. The molecule has 2 aromatic rings. The number of nitrogens with one attached hydrogen (secondary N) is 1. The van der Waals surface area contributed by atoms with E-state index in [1.54, 1.807) is 24.3 Å². The molecule has 0 atom stereocenters. The quantitative estimate of drug-likeness (QED) is 0.685. The lowest BCUT2D eigenvalue weighted by Gasteiger charge is -2.31. The lowest BCUT2D eigenvalue weighted by atomic mass is 9.90. The van der Waals surface area contributed by atoms with Gasteiger partial charge in [-0.2, -0.15) is 0 Å². The van der Waals surface area contributed by atoms with Gasteiger partial charge in [0.05, 0.1) is 4.90 Å². The monoisotopic (exact) mass is 426 g/mol. The molecule has 3 rings (SSSR count). The van der Waals surface area contributed by atoms with E-state index in [1.807, 2.05) is 4.90 Å². The van der Waals surface area contributed by atoms with Crippen LogP contribution >= 0.6 is 0 Å². The number of rotatable bonds is 7. The highest BCUT2D eigenvalue weighted by molar-refractivity contribution is 7.89. The van der Waals surface area contributed by atoms with Crippen molar-refractivity contribution in [1.29, 1.82) is 0 Å². The number of amides is 1. The number of nitrogens with zero attached hydrogens (tertiary/aromatic N) is 1. The fourth-order valence-corrected chi connectivity index (χ4v) is 4.45. The van der Waals surface area contributed by atoms with Gasteiger partial charge in [-0.15, -0.1) is 0 Å². The minimum absolute atomic E-state index is 0.0129. The standard InChI is InChI=1S/C24H30N2O3S/c1-19-3-5-20(6-4-19)7-8-22-15-17-26(18-16-22)24(27)14-11-21-9-12-23(13-10-21)30(28,29)25-2/h3-6,9-14,22,25H,7-8,15-18H2,1-2H3/b14-11+. The van der Waals surface area contributed by atoms with Crippen LogP contribution in [0.2, 0.25) is 0 Å². The molecule has 0 spiro atoms. The maximum Gasteiger partial charge on any atom is 0.246 e. The first-order chi connectivity index (χ1) is 14.4. The van der Waals surface area contributed by atoms with E-state index < -0.39 is 10.0 Å². The Hall–Kier alpha value is -2.44. The van der Waals surface area contributed by atoms with E-state index >= 15 is 0 Å². The van der Waals surface area contributed by atoms with Gasteiger partial charge in [0, 0.05) is 19.2 Å². The van der Waals surface area contributed by atoms with Crippen molar-refractivity contribution < 1.29 is 13.2 Å². The average molecular weight is 427 g/mol. The van der Waals surface area contributed by atoms with Crippen molar-refractivity contribution in [2.24, 2.45) is 5.92 Å². The van der Waals surface area contributed by atoms with Gasteiger partial charge in [0.2, 0.25) is 15.9 Å². The molecule has 1 aliphatic rings. The Balaban J connectivity index is 1.46. The molecular weight excluding hydrogens is 396 g/mol. The molecule has 0 saturated carbocycles. The van der Waals surface area contributed by atoms with Crippen molar-refractivity contribution in [3.63, 3.8) is 0 Å². The highest BCUT2D eigenvalue weighted by atomic mass is 32.2. The normalized spacial score (nSPS) is 15.6. The molecule has 160 valence electrons. The summed E-state index contributed by atoms with van der Waals surface area (Å²) in [6.45, 7) is 3.69. The van der Waals surface area contributed by atoms with E-state index in [0.717, 1.165) is 37.9 Å². The molecule has 1 amide bonds. The Morgan fingerprint density at radius 2 is 1.70 bits per heavy atom. The van der Waals surface area contributed by atoms with Gasteiger partial charge < -0.3 is 4.90 Å². The van der Waals surface area contributed by atoms with Crippen molar-refractivity contribution in [3.05, 3.63) is 71.3 Å². The summed E-state index contributed by atoms with van der Waals surface area (Å²) in [7, 11) is -2.06. The Bertz CT molecular complexity index is 972. The molecule has 5 nitrogen and oxygen atoms in total. The first-order valence-electron chi connectivity index (χ1n) is 10.4. The Morgan fingerprint density at radius 1 is 1.07 bits per heavy atom. The second-order valence-electron chi connectivity index (χ2n) is 7.90. The second-order valence-corrected chi connectivity index (χ2v) is 9.79. The number of aryl methyl sites for hydroxylation is 2. The summed E-state index contributed by atoms with van der Waals surface area (Å²) in [5.74, 6) is 0.680. The van der Waals surface area contributed by atoms with Crippen molar-refractivity contribution >= 4 is 22.0 Å². The van der Waals surface area contributed by atoms with E-state index in [-0.39, 0.29) is 10.8 Å². The van der Waals surface area contributed by atoms with Crippen molar-refractivity contribution in [3.8, 4) is 0 Å². The summed E-state index contributed by atoms with van der Waals surface area (Å²) >= 11 is 0. The molecule has 2 aromatic carbocycles. The van der Waals surface area contributed by atoms with E-state index in [2.05, 4.69) is 35.9 Å². The molecule has 1 fully saturated rings. The molecule has 30 heavy (non-hydrogen) atoms. The van der Waals surface area contributed by atoms with Gasteiger partial charge in [0.25, 0.3) is 0 Å². The smallest absolute Gasteiger partial charge is 0.246 e. The van der Waals surface area contributed by atoms with E-state index in [9.17, 15) is 13.2 Å². The lowest BCUT2D eigenvalue weighted by Crippen LogP contribution is -2.37. The van der Waals surface area contributed by atoms with Crippen molar-refractivity contribution in [1.82, 2.24) is 9.62 Å². The number of sulfonamides is 1. The predicted molar refractivity (Wildman–Crippen MR) is 121 cm³/mol. The second kappa shape index (κ2) is 10.0. The van der Waals surface area contributed by atoms with Crippen LogP contribution in [0.25, 0.3) is 6.08 Å². The fourth-order valence-electron chi connectivity index (χ4n) is 3.72. The van der Waals surface area contributed by atoms with Gasteiger partial charge in [0.15, 0.2) is 0 Å². The van der Waals surface area contributed by atoms with Crippen LogP contribution in [0.15, 0.2) is 59.5 Å². The molecular formula is C24H30N2O3S. The lowest BCUT2D eigenvalue weighted by molar-refractivity contribution is -0.127. The Morgan fingerprint density at radius 3 is 2.30 bits per heavy atom. The maximum atomic E-state index is 12.5. The van der Waals surface area contributed by atoms with Crippen molar-refractivity contribution in [2.75, 3.05) is 20.1 Å². The van der Waals surface area contributed by atoms with Crippen LogP contribution in [0, 0.1) is 12.8 Å². The number of hydrogen-bond acceptors (Lipinski definition) is 3. The van der Waals surface area contributed by atoms with Crippen LogP contribution < -0.4 is 4.72 Å². The number of piperidine rings is 1. The van der Waals surface area contributed by atoms with E-state index in [4.69, 9.17) is 0 Å². The fraction of sp³-hybridized carbons (Fsp3) is 0.375. The number of benzene rings is 2. The SMILES string of the molecule is CNS(=O)(=O)c1ccc(/C=C/C(=O)N2CCC(CCc3ccc(C)cc3)CC2)cc1. The van der Waals surface area contributed by atoms with Gasteiger partial charge in [-0.1, -0.05) is 42.0 Å². The zero-order chi connectivity index (χ0) is 21.6. The molecule has 0 aliphatic carbocycles. The van der Waals surface area contributed by atoms with Crippen LogP contribution in [0.4, 0.5) is 0 Å². The van der Waals surface area contributed by atoms with E-state index in [0.29, 0.717) is 5.92 Å². The van der Waals surface area contributed by atoms with Crippen LogP contribution in [-0.4, -0.2) is 39.4 Å². The Labute approximate surface area is 179 Å². The molecule has 1 N–H and O–H groups in total. The largest absolute Gasteiger partial charge is 0.339 e. The number of likely N-dealkylation sites (tertiary alicyclic amines) is 1. The van der Waals surface area contributed by atoms with Crippen LogP contribution in [0.1, 0.15) is 36.0 Å². The summed E-state index contributed by atoms with van der Waals surface area (Å²) < 4.78 is 25.8. The summed E-state index contributed by atoms with van der Waals surface area (Å²) in [6, 6.07) is 15.2. The van der Waals surface area contributed by atoms with Crippen LogP contribution in [-0.2, 0) is 21.2 Å². The summed E-state index contributed by atoms with van der Waals surface area (Å²) in [6.07, 6.45) is 7.67. The minimum atomic E-state index is -3.44. The van der Waals surface area contributed by atoms with Gasteiger partial charge >= 0.3 is 0 Å². The van der Waals surface area contributed by atoms with Gasteiger partial charge in [-0.25, -0.2) is 13.1 Å². The first-order valence-corrected chi connectivity index (χ1v) is 11.9. The maximum absolute atomic E-state index is 12.5. The van der Waals surface area contributed by atoms with Gasteiger partial charge in [-0.3, -0.25) is 4.79 Å². The highest BCUT2D eigenvalue weighted by Gasteiger charge is 2.21. The third kappa shape index (κ3) is 6.03. The molecule has 1 heterocycles. The molecule has 6 heteroatoms. The van der Waals surface area contributed by atoms with Crippen molar-refractivity contribution in [2.45, 2.75) is 37.5 Å². The topological polar surface area (TPSA) is 66.5 Å². The van der Waals surface area contributed by atoms with Gasteiger partial charge in [0.1, 0.15) is 0 Å². The number of hydrogen-bond donors (Lipinski definition) is 1. The number of carbonyl (C=O) groups excluding carboxylic acids is 1. The average Bonchev–Trinajstić information content (AvgIpc) is 2.77. The van der Waals surface area contributed by atoms with Crippen LogP contribution in [0.5, 0.6) is 0 Å². The molecule has 1 saturated heterocycles. The molecule has 0 unspecified atom stereocenters. The Kier molecular flexibility index (Phi) is 7.45. The molecule has 0 radical (unpaired) electrons. The summed E-state index contributed by atoms with van der Waals surface area (Å²) in [4.78, 5) is 14.6. The summed E-state index contributed by atoms with van der Waals surface area (Å²) in [5.41, 5.74) is 3.47. The zero-order valence-electron chi connectivity index (χ0n) is 17.7. The third-order valence-corrected chi connectivity index (χ3v) is 7.20. The van der Waals surface area contributed by atoms with Crippen LogP contribution in [0.3, 0.4) is 0 Å². The minimum Gasteiger partial charge on any atom is -0.339 e. The third-order valence-electron chi connectivity index (χ3n) is 5.77. The zero-order valence-corrected chi connectivity index (χ0v) is 18.5. The molecule has 0 aromatic heterocycles. The summed E-state index contributed by atoms with van der Waals surface area (Å²) in [5, 5.41) is 0. The highest BCUT2D eigenvalue weighted by Crippen LogP contribution is 2.23. The predicted octanol–water partition coefficient (Wildman–Crippen LogP) is 3.79. The first kappa shape index (κ1) is 22.2. The van der Waals surface area contributed by atoms with E-state index in [1.165, 1.54) is 36.7 Å². The number of carbonyl (C=O) groups is 1. The van der Waals surface area contributed by atoms with Gasteiger partial charge in [-0.05, 0) is 74.9 Å². The molecule has 1 aliphatic heterocycles.